The van der Waals surface area contributed by atoms with E-state index in [0.717, 1.165) is 31.1 Å². The van der Waals surface area contributed by atoms with E-state index < -0.39 is 0 Å². The molecule has 106 valence electrons. The number of nitrogens with one attached hydrogen (secondary N) is 1. The van der Waals surface area contributed by atoms with Gasteiger partial charge in [0.15, 0.2) is 0 Å². The number of fused-ring (bicyclic) bond motifs is 2. The molecule has 0 radical (unpaired) electrons. The van der Waals surface area contributed by atoms with Crippen LogP contribution in [0.5, 0.6) is 0 Å². The maximum Gasteiger partial charge on any atom is 0.210 e. The molecule has 2 aromatic carbocycles. The molecule has 4 nitrogen and oxygen atoms in total. The van der Waals surface area contributed by atoms with Gasteiger partial charge in [0.25, 0.3) is 0 Å². The van der Waals surface area contributed by atoms with Crippen LogP contribution in [0.4, 0.5) is 11.6 Å². The van der Waals surface area contributed by atoms with E-state index >= 15 is 0 Å². The maximum absolute atomic E-state index is 4.84. The number of nitrogens with zero attached hydrogens (tertiary/aromatic N) is 3. The van der Waals surface area contributed by atoms with Gasteiger partial charge in [-0.2, -0.15) is 0 Å². The third kappa shape index (κ3) is 1.99. The van der Waals surface area contributed by atoms with Crippen molar-refractivity contribution in [1.82, 2.24) is 14.9 Å². The molecule has 0 unspecified atom stereocenters. The van der Waals surface area contributed by atoms with E-state index in [0.29, 0.717) is 0 Å². The molecule has 0 saturated heterocycles. The van der Waals surface area contributed by atoms with Crippen LogP contribution in [0.15, 0.2) is 48.5 Å². The van der Waals surface area contributed by atoms with E-state index in [-0.39, 0.29) is 0 Å². The second kappa shape index (κ2) is 4.90. The highest BCUT2D eigenvalue weighted by Gasteiger charge is 2.20. The first-order chi connectivity index (χ1) is 10.3. The Kier molecular flexibility index (Phi) is 2.89. The average Bonchev–Trinajstić information content (AvgIpc) is 2.72. The van der Waals surface area contributed by atoms with Gasteiger partial charge in [0, 0.05) is 32.4 Å². The zero-order valence-electron chi connectivity index (χ0n) is 12.1. The predicted octanol–water partition coefficient (Wildman–Crippen LogP) is 2.81. The lowest BCUT2D eigenvalue weighted by Gasteiger charge is -2.23. The number of para-hydroxylation sites is 3. The molecule has 4 heteroatoms. The Hall–Kier alpha value is -2.33. The molecule has 4 rings (SSSR count). The Morgan fingerprint density at radius 1 is 1.05 bits per heavy atom. The monoisotopic (exact) mass is 278 g/mol. The van der Waals surface area contributed by atoms with E-state index in [1.165, 1.54) is 16.8 Å². The Morgan fingerprint density at radius 3 is 2.76 bits per heavy atom. The van der Waals surface area contributed by atoms with Gasteiger partial charge in [-0.05, 0) is 23.8 Å². The number of imidazole rings is 1. The molecule has 1 aliphatic heterocycles. The Morgan fingerprint density at radius 2 is 1.86 bits per heavy atom. The summed E-state index contributed by atoms with van der Waals surface area (Å²) in [5, 5.41) is 3.48. The smallest absolute Gasteiger partial charge is 0.210 e. The van der Waals surface area contributed by atoms with Crippen LogP contribution in [0.3, 0.4) is 0 Å². The van der Waals surface area contributed by atoms with Crippen molar-refractivity contribution in [1.29, 1.82) is 0 Å². The molecule has 21 heavy (non-hydrogen) atoms. The molecular weight excluding hydrogens is 260 g/mol. The zero-order chi connectivity index (χ0) is 14.2. The quantitative estimate of drug-likeness (QED) is 0.743. The second-order valence-electron chi connectivity index (χ2n) is 5.42. The van der Waals surface area contributed by atoms with Gasteiger partial charge in [0.1, 0.15) is 0 Å². The SMILES string of the molecule is Cn1c(N2CCNCc3ccccc32)nc2ccccc21. The minimum Gasteiger partial charge on any atom is -0.313 e. The maximum atomic E-state index is 4.84. The summed E-state index contributed by atoms with van der Waals surface area (Å²) < 4.78 is 2.18. The van der Waals surface area contributed by atoms with Crippen LogP contribution >= 0.6 is 0 Å². The Balaban J connectivity index is 1.90. The van der Waals surface area contributed by atoms with Crippen molar-refractivity contribution in [3.8, 4) is 0 Å². The molecule has 0 saturated carbocycles. The molecule has 1 aliphatic rings. The Labute approximate surface area is 124 Å². The van der Waals surface area contributed by atoms with Gasteiger partial charge >= 0.3 is 0 Å². The molecule has 1 aromatic heterocycles. The molecule has 0 atom stereocenters. The first-order valence-corrected chi connectivity index (χ1v) is 7.32. The van der Waals surface area contributed by atoms with Crippen LogP contribution in [-0.2, 0) is 13.6 Å². The summed E-state index contributed by atoms with van der Waals surface area (Å²) in [6, 6.07) is 16.8. The Bertz CT molecular complexity index is 790. The van der Waals surface area contributed by atoms with Gasteiger partial charge in [-0.1, -0.05) is 30.3 Å². The van der Waals surface area contributed by atoms with Gasteiger partial charge in [-0.15, -0.1) is 0 Å². The first-order valence-electron chi connectivity index (χ1n) is 7.32. The fourth-order valence-electron chi connectivity index (χ4n) is 3.04. The van der Waals surface area contributed by atoms with Gasteiger partial charge in [0.05, 0.1) is 11.0 Å². The van der Waals surface area contributed by atoms with Crippen molar-refractivity contribution in [3.63, 3.8) is 0 Å². The van der Waals surface area contributed by atoms with Crippen molar-refractivity contribution in [3.05, 3.63) is 54.1 Å². The lowest BCUT2D eigenvalue weighted by molar-refractivity contribution is 0.706. The standard InChI is InChI=1S/C17H18N4/c1-20-16-9-5-3-7-14(16)19-17(20)21-11-10-18-12-13-6-2-4-8-15(13)21/h2-9,18H,10-12H2,1H3. The number of hydrogen-bond acceptors (Lipinski definition) is 3. The van der Waals surface area contributed by atoms with Crippen molar-refractivity contribution in [2.45, 2.75) is 6.54 Å². The number of anilines is 2. The van der Waals surface area contributed by atoms with Crippen LogP contribution < -0.4 is 10.2 Å². The van der Waals surface area contributed by atoms with E-state index in [1.807, 2.05) is 6.07 Å². The van der Waals surface area contributed by atoms with Crippen LogP contribution in [0.2, 0.25) is 0 Å². The summed E-state index contributed by atoms with van der Waals surface area (Å²) in [5.41, 5.74) is 4.79. The number of benzene rings is 2. The molecule has 0 spiro atoms. The van der Waals surface area contributed by atoms with Gasteiger partial charge in [0.2, 0.25) is 5.95 Å². The summed E-state index contributed by atoms with van der Waals surface area (Å²) in [6.45, 7) is 2.79. The molecule has 0 aliphatic carbocycles. The number of aromatic nitrogens is 2. The van der Waals surface area contributed by atoms with Crippen LogP contribution in [0.25, 0.3) is 11.0 Å². The van der Waals surface area contributed by atoms with E-state index in [1.54, 1.807) is 0 Å². The average molecular weight is 278 g/mol. The first kappa shape index (κ1) is 12.4. The summed E-state index contributed by atoms with van der Waals surface area (Å²) in [5.74, 6) is 1.01. The summed E-state index contributed by atoms with van der Waals surface area (Å²) in [6.07, 6.45) is 0. The molecule has 0 amide bonds. The highest BCUT2D eigenvalue weighted by molar-refractivity contribution is 5.80. The molecule has 1 N–H and O–H groups in total. The van der Waals surface area contributed by atoms with Gasteiger partial charge < -0.3 is 14.8 Å². The highest BCUT2D eigenvalue weighted by Crippen LogP contribution is 2.30. The third-order valence-electron chi connectivity index (χ3n) is 4.12. The second-order valence-corrected chi connectivity index (χ2v) is 5.42. The topological polar surface area (TPSA) is 33.1 Å². The molecular formula is C17H18N4. The lowest BCUT2D eigenvalue weighted by Crippen LogP contribution is -2.26. The minimum atomic E-state index is 0.913. The van der Waals surface area contributed by atoms with Crippen LogP contribution in [0.1, 0.15) is 5.56 Å². The summed E-state index contributed by atoms with van der Waals surface area (Å²) >= 11 is 0. The van der Waals surface area contributed by atoms with E-state index in [9.17, 15) is 0 Å². The summed E-state index contributed by atoms with van der Waals surface area (Å²) in [7, 11) is 2.09. The molecule has 3 aromatic rings. The predicted molar refractivity (Wildman–Crippen MR) is 85.9 cm³/mol. The molecule has 0 fully saturated rings. The minimum absolute atomic E-state index is 0.913. The summed E-state index contributed by atoms with van der Waals surface area (Å²) in [4.78, 5) is 7.15. The van der Waals surface area contributed by atoms with Crippen molar-refractivity contribution < 1.29 is 0 Å². The number of rotatable bonds is 1. The normalized spacial score (nSPS) is 15.0. The number of aryl methyl sites for hydroxylation is 1. The van der Waals surface area contributed by atoms with Crippen molar-refractivity contribution in [2.24, 2.45) is 7.05 Å². The molecule has 2 heterocycles. The molecule has 0 bridgehead atoms. The van der Waals surface area contributed by atoms with Crippen LogP contribution in [-0.4, -0.2) is 22.6 Å². The number of hydrogen-bond donors (Lipinski definition) is 1. The zero-order valence-corrected chi connectivity index (χ0v) is 12.1. The third-order valence-corrected chi connectivity index (χ3v) is 4.12. The van der Waals surface area contributed by atoms with Crippen molar-refractivity contribution in [2.75, 3.05) is 18.0 Å². The van der Waals surface area contributed by atoms with E-state index in [4.69, 9.17) is 4.98 Å². The fourth-order valence-corrected chi connectivity index (χ4v) is 3.04. The highest BCUT2D eigenvalue weighted by atomic mass is 15.3. The van der Waals surface area contributed by atoms with Crippen LogP contribution in [0, 0.1) is 0 Å². The van der Waals surface area contributed by atoms with Gasteiger partial charge in [-0.25, -0.2) is 4.98 Å². The lowest BCUT2D eigenvalue weighted by atomic mass is 10.1. The fraction of sp³-hybridized carbons (Fsp3) is 0.235. The van der Waals surface area contributed by atoms with Gasteiger partial charge in [-0.3, -0.25) is 0 Å². The van der Waals surface area contributed by atoms with E-state index in [2.05, 4.69) is 64.3 Å². The van der Waals surface area contributed by atoms with Crippen molar-refractivity contribution >= 4 is 22.7 Å². The largest absolute Gasteiger partial charge is 0.313 e.